The molecule has 8 heteroatoms. The molecule has 154 valence electrons. The lowest BCUT2D eigenvalue weighted by atomic mass is 9.92. The van der Waals surface area contributed by atoms with E-state index in [0.717, 1.165) is 11.1 Å². The minimum absolute atomic E-state index is 0.0773. The highest BCUT2D eigenvalue weighted by Gasteiger charge is 2.24. The lowest BCUT2D eigenvalue weighted by Gasteiger charge is -2.21. The molecular weight excluding hydrogens is 412 g/mol. The maximum absolute atomic E-state index is 12.6. The molecule has 2 amide bonds. The quantitative estimate of drug-likeness (QED) is 0.527. The molecule has 0 bridgehead atoms. The van der Waals surface area contributed by atoms with E-state index in [1.54, 1.807) is 36.4 Å². The van der Waals surface area contributed by atoms with Gasteiger partial charge in [0.25, 0.3) is 10.0 Å². The number of furan rings is 1. The third-order valence-corrected chi connectivity index (χ3v) is 5.94. The molecule has 0 atom stereocenters. The van der Waals surface area contributed by atoms with Crippen molar-refractivity contribution in [3.8, 4) is 0 Å². The topological polar surface area (TPSA) is 88.4 Å². The molecule has 0 fully saturated rings. The van der Waals surface area contributed by atoms with E-state index in [4.69, 9.17) is 16.0 Å². The number of benzene rings is 2. The molecular formula is C21H23ClN2O4S. The van der Waals surface area contributed by atoms with Gasteiger partial charge >= 0.3 is 6.03 Å². The summed E-state index contributed by atoms with van der Waals surface area (Å²) in [5, 5.41) is 3.58. The molecule has 1 heterocycles. The average Bonchev–Trinajstić information content (AvgIpc) is 3.07. The summed E-state index contributed by atoms with van der Waals surface area (Å²) in [6.45, 7) is 7.90. The van der Waals surface area contributed by atoms with Crippen LogP contribution in [0.1, 0.15) is 50.7 Å². The molecule has 0 aliphatic carbocycles. The molecule has 2 aromatic carbocycles. The van der Waals surface area contributed by atoms with Gasteiger partial charge in [-0.15, -0.1) is 0 Å². The number of amides is 2. The number of urea groups is 1. The minimum atomic E-state index is -4.17. The standard InChI is InChI=1S/C21H23ClN2O4S/c1-12(2)16-10-15(22)11-17(13(3)4)20(16)23-21(25)24-29(26,27)19-9-14-7-5-6-8-18(14)28-19/h5-13H,1-4H3,(H2,23,24,25). The summed E-state index contributed by atoms with van der Waals surface area (Å²) in [5.41, 5.74) is 2.65. The first kappa shape index (κ1) is 21.2. The van der Waals surface area contributed by atoms with Crippen molar-refractivity contribution < 1.29 is 17.6 Å². The maximum atomic E-state index is 12.6. The van der Waals surface area contributed by atoms with Gasteiger partial charge in [0.2, 0.25) is 5.09 Å². The number of fused-ring (bicyclic) bond motifs is 1. The number of anilines is 1. The SMILES string of the molecule is CC(C)c1cc(Cl)cc(C(C)C)c1NC(=O)NS(=O)(=O)c1cc2ccccc2o1. The molecule has 3 aromatic rings. The number of rotatable bonds is 5. The van der Waals surface area contributed by atoms with E-state index < -0.39 is 16.1 Å². The van der Waals surface area contributed by atoms with Gasteiger partial charge in [0, 0.05) is 22.2 Å². The van der Waals surface area contributed by atoms with Gasteiger partial charge in [-0.2, -0.15) is 8.42 Å². The number of para-hydroxylation sites is 1. The van der Waals surface area contributed by atoms with Crippen molar-refractivity contribution in [3.63, 3.8) is 0 Å². The molecule has 0 aliphatic heterocycles. The molecule has 0 saturated carbocycles. The summed E-state index contributed by atoms with van der Waals surface area (Å²) in [6, 6.07) is 11.0. The van der Waals surface area contributed by atoms with Gasteiger partial charge in [-0.1, -0.05) is 57.5 Å². The van der Waals surface area contributed by atoms with Crippen molar-refractivity contribution >= 4 is 44.3 Å². The zero-order chi connectivity index (χ0) is 21.3. The zero-order valence-electron chi connectivity index (χ0n) is 16.6. The molecule has 0 saturated heterocycles. The molecule has 2 N–H and O–H groups in total. The van der Waals surface area contributed by atoms with Crippen LogP contribution < -0.4 is 10.0 Å². The van der Waals surface area contributed by atoms with E-state index >= 15 is 0 Å². The van der Waals surface area contributed by atoms with E-state index in [0.29, 0.717) is 21.7 Å². The number of hydrogen-bond acceptors (Lipinski definition) is 4. The Morgan fingerprint density at radius 1 is 1.00 bits per heavy atom. The molecule has 0 radical (unpaired) electrons. The second-order valence-corrected chi connectivity index (χ2v) is 9.48. The lowest BCUT2D eigenvalue weighted by molar-refractivity contribution is 0.256. The van der Waals surface area contributed by atoms with Crippen molar-refractivity contribution in [2.24, 2.45) is 0 Å². The van der Waals surface area contributed by atoms with Gasteiger partial charge in [0.15, 0.2) is 0 Å². The van der Waals surface area contributed by atoms with Crippen LogP contribution in [0.4, 0.5) is 10.5 Å². The lowest BCUT2D eigenvalue weighted by Crippen LogP contribution is -2.34. The van der Waals surface area contributed by atoms with Crippen LogP contribution in [0, 0.1) is 0 Å². The van der Waals surface area contributed by atoms with Gasteiger partial charge in [-0.05, 0) is 41.2 Å². The van der Waals surface area contributed by atoms with Crippen LogP contribution >= 0.6 is 11.6 Å². The number of carbonyl (C=O) groups excluding carboxylic acids is 1. The van der Waals surface area contributed by atoms with Crippen LogP contribution in [0.3, 0.4) is 0 Å². The third-order valence-electron chi connectivity index (χ3n) is 4.54. The molecule has 0 unspecified atom stereocenters. The first-order chi connectivity index (χ1) is 13.6. The van der Waals surface area contributed by atoms with E-state index in [1.165, 1.54) is 6.07 Å². The van der Waals surface area contributed by atoms with Crippen LogP contribution in [-0.2, 0) is 10.0 Å². The maximum Gasteiger partial charge on any atom is 0.333 e. The first-order valence-corrected chi connectivity index (χ1v) is 11.1. The Morgan fingerprint density at radius 2 is 1.59 bits per heavy atom. The van der Waals surface area contributed by atoms with Gasteiger partial charge in [-0.25, -0.2) is 9.52 Å². The second-order valence-electron chi connectivity index (χ2n) is 7.43. The highest BCUT2D eigenvalue weighted by atomic mass is 35.5. The molecule has 0 aliphatic rings. The van der Waals surface area contributed by atoms with E-state index in [9.17, 15) is 13.2 Å². The number of halogens is 1. The first-order valence-electron chi connectivity index (χ1n) is 9.24. The number of sulfonamides is 1. The summed E-state index contributed by atoms with van der Waals surface area (Å²) in [6.07, 6.45) is 0. The van der Waals surface area contributed by atoms with E-state index in [-0.39, 0.29) is 16.9 Å². The molecule has 29 heavy (non-hydrogen) atoms. The Bertz CT molecular complexity index is 1100. The van der Waals surface area contributed by atoms with Gasteiger partial charge < -0.3 is 9.73 Å². The average molecular weight is 435 g/mol. The normalized spacial score (nSPS) is 12.0. The largest absolute Gasteiger partial charge is 0.443 e. The van der Waals surface area contributed by atoms with Crippen molar-refractivity contribution in [1.29, 1.82) is 0 Å². The highest BCUT2D eigenvalue weighted by Crippen LogP contribution is 2.35. The summed E-state index contributed by atoms with van der Waals surface area (Å²) in [5.74, 6) is 0.155. The highest BCUT2D eigenvalue weighted by molar-refractivity contribution is 7.90. The second kappa shape index (κ2) is 8.08. The minimum Gasteiger partial charge on any atom is -0.443 e. The van der Waals surface area contributed by atoms with Crippen molar-refractivity contribution in [2.45, 2.75) is 44.6 Å². The van der Waals surface area contributed by atoms with Crippen LogP contribution in [0.5, 0.6) is 0 Å². The fourth-order valence-corrected chi connectivity index (χ4v) is 4.22. The van der Waals surface area contributed by atoms with Crippen LogP contribution in [-0.4, -0.2) is 14.4 Å². The Morgan fingerprint density at radius 3 is 2.14 bits per heavy atom. The Hall–Kier alpha value is -2.51. The third kappa shape index (κ3) is 4.57. The van der Waals surface area contributed by atoms with Gasteiger partial charge in [0.05, 0.1) is 0 Å². The smallest absolute Gasteiger partial charge is 0.333 e. The number of nitrogens with one attached hydrogen (secondary N) is 2. The van der Waals surface area contributed by atoms with Crippen LogP contribution in [0.2, 0.25) is 5.02 Å². The molecule has 3 rings (SSSR count). The van der Waals surface area contributed by atoms with Crippen molar-refractivity contribution in [2.75, 3.05) is 5.32 Å². The van der Waals surface area contributed by atoms with Crippen LogP contribution in [0.25, 0.3) is 11.0 Å². The number of carbonyl (C=O) groups is 1. The van der Waals surface area contributed by atoms with Gasteiger partial charge in [-0.3, -0.25) is 0 Å². The summed E-state index contributed by atoms with van der Waals surface area (Å²) < 4.78 is 32.6. The fraction of sp³-hybridized carbons (Fsp3) is 0.286. The summed E-state index contributed by atoms with van der Waals surface area (Å²) >= 11 is 6.24. The van der Waals surface area contributed by atoms with E-state index in [2.05, 4.69) is 5.32 Å². The fourth-order valence-electron chi connectivity index (χ4n) is 3.11. The number of hydrogen-bond donors (Lipinski definition) is 2. The van der Waals surface area contributed by atoms with Crippen molar-refractivity contribution in [3.05, 3.63) is 58.6 Å². The molecule has 6 nitrogen and oxygen atoms in total. The molecule has 0 spiro atoms. The Labute approximate surface area is 175 Å². The monoisotopic (exact) mass is 434 g/mol. The van der Waals surface area contributed by atoms with Crippen molar-refractivity contribution in [1.82, 2.24) is 4.72 Å². The Balaban J connectivity index is 1.90. The van der Waals surface area contributed by atoms with E-state index in [1.807, 2.05) is 32.4 Å². The molecule has 1 aromatic heterocycles. The summed E-state index contributed by atoms with van der Waals surface area (Å²) in [4.78, 5) is 12.6. The van der Waals surface area contributed by atoms with Gasteiger partial charge in [0.1, 0.15) is 5.58 Å². The zero-order valence-corrected chi connectivity index (χ0v) is 18.2. The predicted molar refractivity (Wildman–Crippen MR) is 115 cm³/mol. The van der Waals surface area contributed by atoms with Crippen LogP contribution in [0.15, 0.2) is 52.0 Å². The Kier molecular flexibility index (Phi) is 5.91. The summed E-state index contributed by atoms with van der Waals surface area (Å²) in [7, 11) is -4.17. The predicted octanol–water partition coefficient (Wildman–Crippen LogP) is 5.84.